The van der Waals surface area contributed by atoms with Gasteiger partial charge in [0.1, 0.15) is 0 Å². The number of rotatable bonds is 34. The van der Waals surface area contributed by atoms with Gasteiger partial charge in [-0.3, -0.25) is 9.32 Å². The number of nitrogens with one attached hydrogen (secondary N) is 1. The predicted molar refractivity (Wildman–Crippen MR) is 186 cm³/mol. The summed E-state index contributed by atoms with van der Waals surface area (Å²) in [5.41, 5.74) is 0. The molecule has 0 saturated heterocycles. The first-order valence-electron chi connectivity index (χ1n) is 18.6. The van der Waals surface area contributed by atoms with Crippen LogP contribution in [0.1, 0.15) is 194 Å². The Labute approximate surface area is 272 Å². The molecule has 44 heavy (non-hydrogen) atoms. The van der Waals surface area contributed by atoms with Crippen LogP contribution in [0.25, 0.3) is 0 Å². The van der Waals surface area contributed by atoms with Gasteiger partial charge in [0.25, 0.3) is 0 Å². The summed E-state index contributed by atoms with van der Waals surface area (Å²) in [4.78, 5) is 30.7. The molecule has 2 atom stereocenters. The molecule has 0 aliphatic carbocycles. The summed E-state index contributed by atoms with van der Waals surface area (Å²) in [7, 11) is -4.70. The van der Waals surface area contributed by atoms with Crippen molar-refractivity contribution < 1.29 is 28.8 Å². The highest BCUT2D eigenvalue weighted by Crippen LogP contribution is 2.35. The monoisotopic (exact) mass is 646 g/mol. The molecule has 0 fully saturated rings. The second-order valence-electron chi connectivity index (χ2n) is 12.9. The number of aliphatic hydroxyl groups is 1. The molecule has 0 aromatic carbocycles. The summed E-state index contributed by atoms with van der Waals surface area (Å²) in [6.45, 7) is 4.06. The van der Waals surface area contributed by atoms with E-state index in [1.54, 1.807) is 6.08 Å². The minimum absolute atomic E-state index is 0.226. The zero-order valence-corrected chi connectivity index (χ0v) is 29.7. The van der Waals surface area contributed by atoms with Gasteiger partial charge in [-0.2, -0.15) is 0 Å². The highest BCUT2D eigenvalue weighted by atomic mass is 31.2. The largest absolute Gasteiger partial charge is 0.469 e. The van der Waals surface area contributed by atoms with Crippen molar-refractivity contribution in [1.29, 1.82) is 0 Å². The third-order valence-corrected chi connectivity index (χ3v) is 8.98. The number of phosphoric acid groups is 1. The molecule has 0 aromatic heterocycles. The molecule has 0 bridgehead atoms. The zero-order chi connectivity index (χ0) is 32.6. The average Bonchev–Trinajstić information content (AvgIpc) is 2.99. The number of aliphatic hydroxyl groups excluding tert-OH is 1. The van der Waals surface area contributed by atoms with E-state index in [4.69, 9.17) is 9.79 Å². The first-order chi connectivity index (χ1) is 21.3. The normalized spacial score (nSPS) is 13.5. The Morgan fingerprint density at radius 1 is 0.636 bits per heavy atom. The van der Waals surface area contributed by atoms with Crippen LogP contribution >= 0.6 is 7.82 Å². The first-order valence-corrected chi connectivity index (χ1v) is 20.2. The number of unbranched alkanes of at least 4 members (excludes halogenated alkanes) is 25. The summed E-state index contributed by atoms with van der Waals surface area (Å²) in [5, 5.41) is 13.3. The van der Waals surface area contributed by atoms with Gasteiger partial charge in [0, 0.05) is 6.42 Å². The lowest BCUT2D eigenvalue weighted by Gasteiger charge is -2.22. The Morgan fingerprint density at radius 3 is 1.39 bits per heavy atom. The minimum Gasteiger partial charge on any atom is -0.387 e. The van der Waals surface area contributed by atoms with Crippen molar-refractivity contribution in [2.45, 2.75) is 206 Å². The van der Waals surface area contributed by atoms with Crippen molar-refractivity contribution in [2.24, 2.45) is 0 Å². The highest BCUT2D eigenvalue weighted by molar-refractivity contribution is 7.46. The summed E-state index contributed by atoms with van der Waals surface area (Å²) < 4.78 is 15.8. The van der Waals surface area contributed by atoms with E-state index >= 15 is 0 Å². The van der Waals surface area contributed by atoms with Crippen molar-refractivity contribution in [1.82, 2.24) is 5.32 Å². The molecule has 8 heteroatoms. The molecule has 262 valence electrons. The van der Waals surface area contributed by atoms with Crippen LogP contribution in [0, 0.1) is 0 Å². The van der Waals surface area contributed by atoms with Gasteiger partial charge in [-0.05, 0) is 19.3 Å². The molecule has 0 aromatic rings. The number of carbonyl (C=O) groups is 1. The number of hydrogen-bond donors (Lipinski definition) is 4. The van der Waals surface area contributed by atoms with E-state index in [0.717, 1.165) is 38.5 Å². The van der Waals surface area contributed by atoms with E-state index in [2.05, 4.69) is 23.7 Å². The van der Waals surface area contributed by atoms with Crippen LogP contribution in [0.2, 0.25) is 0 Å². The SMILES string of the molecule is CCCCCCCCCCCCCCC/C=C/[C@@H](O)[C@H](COP(=O)(O)O)NC(=O)CCCCCCCCCCCCCCC. The maximum Gasteiger partial charge on any atom is 0.469 e. The molecular formula is C36H72NO6P. The lowest BCUT2D eigenvalue weighted by atomic mass is 10.0. The van der Waals surface area contributed by atoms with Gasteiger partial charge in [0.15, 0.2) is 0 Å². The Hall–Kier alpha value is -0.720. The van der Waals surface area contributed by atoms with Gasteiger partial charge in [0.05, 0.1) is 18.8 Å². The van der Waals surface area contributed by atoms with E-state index in [1.807, 2.05) is 6.08 Å². The number of carbonyl (C=O) groups excluding carboxylic acids is 1. The molecule has 0 unspecified atom stereocenters. The van der Waals surface area contributed by atoms with Gasteiger partial charge < -0.3 is 20.2 Å². The second kappa shape index (κ2) is 32.2. The van der Waals surface area contributed by atoms with Crippen molar-refractivity contribution in [3.05, 3.63) is 12.2 Å². The van der Waals surface area contributed by atoms with E-state index in [9.17, 15) is 14.5 Å². The summed E-state index contributed by atoms with van der Waals surface area (Å²) in [6.07, 6.45) is 36.5. The van der Waals surface area contributed by atoms with E-state index in [-0.39, 0.29) is 5.91 Å². The van der Waals surface area contributed by atoms with Crippen LogP contribution in [0.4, 0.5) is 0 Å². The smallest absolute Gasteiger partial charge is 0.387 e. The molecule has 0 heterocycles. The predicted octanol–water partition coefficient (Wildman–Crippen LogP) is 10.5. The molecule has 0 rings (SSSR count). The van der Waals surface area contributed by atoms with E-state index in [0.29, 0.717) is 6.42 Å². The summed E-state index contributed by atoms with van der Waals surface area (Å²) in [5.74, 6) is -0.226. The Morgan fingerprint density at radius 2 is 1.00 bits per heavy atom. The van der Waals surface area contributed by atoms with Crippen LogP contribution < -0.4 is 5.32 Å². The lowest BCUT2D eigenvalue weighted by molar-refractivity contribution is -0.123. The molecule has 7 nitrogen and oxygen atoms in total. The van der Waals surface area contributed by atoms with Crippen LogP contribution in [0.3, 0.4) is 0 Å². The fourth-order valence-corrected chi connectivity index (χ4v) is 5.99. The van der Waals surface area contributed by atoms with Crippen molar-refractivity contribution in [3.63, 3.8) is 0 Å². The molecule has 1 amide bonds. The average molecular weight is 646 g/mol. The quantitative estimate of drug-likeness (QED) is 0.0314. The topological polar surface area (TPSA) is 116 Å². The van der Waals surface area contributed by atoms with Gasteiger partial charge in [-0.25, -0.2) is 4.57 Å². The van der Waals surface area contributed by atoms with Crippen molar-refractivity contribution in [2.75, 3.05) is 6.61 Å². The van der Waals surface area contributed by atoms with E-state index < -0.39 is 26.6 Å². The third-order valence-electron chi connectivity index (χ3n) is 8.50. The number of phosphoric ester groups is 1. The van der Waals surface area contributed by atoms with Crippen LogP contribution in [0.5, 0.6) is 0 Å². The maximum atomic E-state index is 12.5. The van der Waals surface area contributed by atoms with Crippen LogP contribution in [-0.2, 0) is 13.9 Å². The van der Waals surface area contributed by atoms with E-state index in [1.165, 1.54) is 135 Å². The van der Waals surface area contributed by atoms with Crippen molar-refractivity contribution >= 4 is 13.7 Å². The second-order valence-corrected chi connectivity index (χ2v) is 14.1. The van der Waals surface area contributed by atoms with Gasteiger partial charge in [-0.1, -0.05) is 180 Å². The standard InChI is InChI=1S/C36H72NO6P/c1-3-5-7-9-11-13-15-17-18-20-21-23-25-27-29-31-35(38)34(33-43-44(40,41)42)37-36(39)32-30-28-26-24-22-19-16-14-12-10-8-6-4-2/h29,31,34-35,38H,3-28,30,32-33H2,1-2H3,(H,37,39)(H2,40,41,42)/b31-29+/t34-,35+/m0/s1. The number of hydrogen-bond acceptors (Lipinski definition) is 4. The fraction of sp³-hybridized carbons (Fsp3) is 0.917. The van der Waals surface area contributed by atoms with Gasteiger partial charge in [0.2, 0.25) is 5.91 Å². The lowest BCUT2D eigenvalue weighted by Crippen LogP contribution is -2.45. The van der Waals surface area contributed by atoms with Crippen molar-refractivity contribution in [3.8, 4) is 0 Å². The molecule has 0 saturated carbocycles. The number of amides is 1. The van der Waals surface area contributed by atoms with Crippen LogP contribution in [-0.4, -0.2) is 39.6 Å². The third kappa shape index (κ3) is 32.7. The fourth-order valence-electron chi connectivity index (χ4n) is 5.64. The van der Waals surface area contributed by atoms with Crippen LogP contribution in [0.15, 0.2) is 12.2 Å². The Kier molecular flexibility index (Phi) is 31.7. The summed E-state index contributed by atoms with van der Waals surface area (Å²) in [6, 6.07) is -0.903. The molecule has 0 aliphatic rings. The first kappa shape index (κ1) is 43.3. The highest BCUT2D eigenvalue weighted by Gasteiger charge is 2.24. The molecule has 4 N–H and O–H groups in total. The summed E-state index contributed by atoms with van der Waals surface area (Å²) >= 11 is 0. The number of allylic oxidation sites excluding steroid dienone is 1. The zero-order valence-electron chi connectivity index (χ0n) is 28.8. The molecular weight excluding hydrogens is 573 g/mol. The van der Waals surface area contributed by atoms with Gasteiger partial charge in [-0.15, -0.1) is 0 Å². The molecule has 0 radical (unpaired) electrons. The molecule has 0 aliphatic heterocycles. The Balaban J connectivity index is 4.03. The van der Waals surface area contributed by atoms with Gasteiger partial charge >= 0.3 is 7.82 Å². The minimum atomic E-state index is -4.70. The maximum absolute atomic E-state index is 12.5. The molecule has 0 spiro atoms. The Bertz CT molecular complexity index is 698.